The molecule has 7 heteroatoms. The molecule has 0 aliphatic heterocycles. The highest BCUT2D eigenvalue weighted by Crippen LogP contribution is 2.12. The summed E-state index contributed by atoms with van der Waals surface area (Å²) in [6, 6.07) is 0. The molecule has 94 valence electrons. The van der Waals surface area contributed by atoms with Crippen LogP contribution in [0, 0.1) is 0 Å². The minimum atomic E-state index is -6.00. The molecule has 0 aliphatic rings. The van der Waals surface area contributed by atoms with Crippen LogP contribution in [0.1, 0.15) is 40.0 Å². The zero-order valence-electron chi connectivity index (χ0n) is 9.53. The highest BCUT2D eigenvalue weighted by atomic mass is 19.5. The van der Waals surface area contributed by atoms with Crippen LogP contribution in [0.4, 0.5) is 17.3 Å². The molecule has 0 heterocycles. The Bertz CT molecular complexity index is 142. The fourth-order valence-corrected chi connectivity index (χ4v) is 1.11. The van der Waals surface area contributed by atoms with Gasteiger partial charge in [0.1, 0.15) is 0 Å². The quantitative estimate of drug-likeness (QED) is 0.442. The molecule has 0 rings (SSSR count). The third-order valence-corrected chi connectivity index (χ3v) is 1.80. The van der Waals surface area contributed by atoms with Crippen molar-refractivity contribution in [2.75, 3.05) is 6.61 Å². The standard InChI is InChI=1S/C8H19NO.BF4/c1-4-7-8(9,5-2)10-6-3;2-1(3,4)5/h4-7,9H2,1-3H3;/q;-1/p+1. The number of rotatable bonds is 5. The SMILES string of the molecule is CCCC([NH3+])(CC)OCC.F[B-](F)(F)F. The molecule has 0 fully saturated rings. The van der Waals surface area contributed by atoms with Crippen molar-refractivity contribution in [1.29, 1.82) is 0 Å². The van der Waals surface area contributed by atoms with Gasteiger partial charge in [-0.15, -0.1) is 0 Å². The summed E-state index contributed by atoms with van der Waals surface area (Å²) in [5.74, 6) is 0. The molecule has 0 saturated carbocycles. The first-order valence-corrected chi connectivity index (χ1v) is 5.05. The molecular formula is C8H20BF4NO. The molecule has 0 aromatic carbocycles. The molecule has 15 heavy (non-hydrogen) atoms. The maximum atomic E-state index is 9.75. The molecule has 0 spiro atoms. The summed E-state index contributed by atoms with van der Waals surface area (Å²) in [4.78, 5) is 0. The molecule has 0 radical (unpaired) electrons. The van der Waals surface area contributed by atoms with Crippen molar-refractivity contribution in [3.05, 3.63) is 0 Å². The highest BCUT2D eigenvalue weighted by molar-refractivity contribution is 6.50. The van der Waals surface area contributed by atoms with E-state index in [9.17, 15) is 17.3 Å². The number of hydrogen-bond acceptors (Lipinski definition) is 1. The molecule has 0 aliphatic carbocycles. The van der Waals surface area contributed by atoms with Gasteiger partial charge < -0.3 is 27.7 Å². The van der Waals surface area contributed by atoms with Gasteiger partial charge in [-0.1, -0.05) is 13.8 Å². The first-order valence-electron chi connectivity index (χ1n) is 5.05. The second-order valence-electron chi connectivity index (χ2n) is 3.21. The fourth-order valence-electron chi connectivity index (χ4n) is 1.11. The van der Waals surface area contributed by atoms with E-state index in [-0.39, 0.29) is 5.72 Å². The molecule has 3 N–H and O–H groups in total. The molecule has 1 atom stereocenters. The van der Waals surface area contributed by atoms with E-state index in [2.05, 4.69) is 19.6 Å². The lowest BCUT2D eigenvalue weighted by Gasteiger charge is -2.23. The Morgan fingerprint density at radius 2 is 1.53 bits per heavy atom. The molecule has 0 bridgehead atoms. The summed E-state index contributed by atoms with van der Waals surface area (Å²) in [6.07, 6.45) is 3.23. The van der Waals surface area contributed by atoms with E-state index >= 15 is 0 Å². The summed E-state index contributed by atoms with van der Waals surface area (Å²) in [5.41, 5.74) is 3.94. The Hall–Kier alpha value is -0.295. The Balaban J connectivity index is 0. The highest BCUT2D eigenvalue weighted by Gasteiger charge is 2.25. The third-order valence-electron chi connectivity index (χ3n) is 1.80. The number of halogens is 4. The van der Waals surface area contributed by atoms with E-state index in [0.29, 0.717) is 0 Å². The summed E-state index contributed by atoms with van der Waals surface area (Å²) in [7, 11) is -6.00. The van der Waals surface area contributed by atoms with E-state index < -0.39 is 7.25 Å². The predicted octanol–water partition coefficient (Wildman–Crippen LogP) is 2.47. The largest absolute Gasteiger partial charge is 0.673 e. The summed E-state index contributed by atoms with van der Waals surface area (Å²) in [5, 5.41) is 0. The van der Waals surface area contributed by atoms with Crippen LogP contribution in [0.2, 0.25) is 0 Å². The number of hydrogen-bond donors (Lipinski definition) is 1. The molecule has 1 unspecified atom stereocenters. The van der Waals surface area contributed by atoms with E-state index in [4.69, 9.17) is 4.74 Å². The molecule has 2 nitrogen and oxygen atoms in total. The van der Waals surface area contributed by atoms with Crippen LogP contribution in [0.5, 0.6) is 0 Å². The predicted molar refractivity (Wildman–Crippen MR) is 52.6 cm³/mol. The molecule has 0 aromatic heterocycles. The van der Waals surface area contributed by atoms with Crippen molar-refractivity contribution in [2.45, 2.75) is 45.8 Å². The Kier molecular flexibility index (Phi) is 9.04. The van der Waals surface area contributed by atoms with Crippen molar-refractivity contribution in [1.82, 2.24) is 0 Å². The smallest absolute Gasteiger partial charge is 0.418 e. The number of ether oxygens (including phenoxy) is 1. The van der Waals surface area contributed by atoms with E-state index in [1.54, 1.807) is 0 Å². The summed E-state index contributed by atoms with van der Waals surface area (Å²) >= 11 is 0. The van der Waals surface area contributed by atoms with Gasteiger partial charge in [0.2, 0.25) is 0 Å². The summed E-state index contributed by atoms with van der Waals surface area (Å²) < 4.78 is 44.5. The second-order valence-corrected chi connectivity index (χ2v) is 3.21. The van der Waals surface area contributed by atoms with Crippen molar-refractivity contribution in [3.63, 3.8) is 0 Å². The monoisotopic (exact) mass is 233 g/mol. The zero-order valence-corrected chi connectivity index (χ0v) is 9.53. The lowest BCUT2D eigenvalue weighted by Crippen LogP contribution is -2.73. The maximum Gasteiger partial charge on any atom is 0.673 e. The third kappa shape index (κ3) is 16.4. The minimum absolute atomic E-state index is 0.108. The van der Waals surface area contributed by atoms with Gasteiger partial charge in [-0.25, -0.2) is 0 Å². The van der Waals surface area contributed by atoms with Crippen LogP contribution < -0.4 is 5.73 Å². The van der Waals surface area contributed by atoms with Crippen LogP contribution in [0.25, 0.3) is 0 Å². The molecule has 0 aromatic rings. The van der Waals surface area contributed by atoms with Crippen LogP contribution in [-0.2, 0) is 4.74 Å². The topological polar surface area (TPSA) is 36.9 Å². The van der Waals surface area contributed by atoms with Gasteiger partial charge in [-0.3, -0.25) is 0 Å². The zero-order chi connectivity index (χ0) is 12.5. The Labute approximate surface area is 88.3 Å². The van der Waals surface area contributed by atoms with Crippen molar-refractivity contribution in [3.8, 4) is 0 Å². The van der Waals surface area contributed by atoms with E-state index in [0.717, 1.165) is 25.9 Å². The molecule has 0 saturated heterocycles. The van der Waals surface area contributed by atoms with Crippen LogP contribution in [-0.4, -0.2) is 19.6 Å². The second kappa shape index (κ2) is 7.93. The average Bonchev–Trinajstić information content (AvgIpc) is 2.02. The van der Waals surface area contributed by atoms with Crippen LogP contribution >= 0.6 is 0 Å². The van der Waals surface area contributed by atoms with Crippen molar-refractivity contribution in [2.24, 2.45) is 0 Å². The van der Waals surface area contributed by atoms with Crippen molar-refractivity contribution < 1.29 is 27.7 Å². The lowest BCUT2D eigenvalue weighted by molar-refractivity contribution is -0.558. The van der Waals surface area contributed by atoms with E-state index in [1.165, 1.54) is 0 Å². The van der Waals surface area contributed by atoms with Gasteiger partial charge in [0.15, 0.2) is 5.72 Å². The van der Waals surface area contributed by atoms with Crippen molar-refractivity contribution >= 4 is 7.25 Å². The number of quaternary nitrogens is 1. The van der Waals surface area contributed by atoms with Gasteiger partial charge in [-0.2, -0.15) is 0 Å². The maximum absolute atomic E-state index is 9.75. The van der Waals surface area contributed by atoms with Crippen LogP contribution in [0.3, 0.4) is 0 Å². The minimum Gasteiger partial charge on any atom is -0.418 e. The van der Waals surface area contributed by atoms with Gasteiger partial charge in [0, 0.05) is 12.8 Å². The van der Waals surface area contributed by atoms with Gasteiger partial charge >= 0.3 is 7.25 Å². The van der Waals surface area contributed by atoms with Gasteiger partial charge in [0.25, 0.3) is 0 Å². The Morgan fingerprint density at radius 3 is 1.73 bits per heavy atom. The van der Waals surface area contributed by atoms with E-state index in [1.807, 2.05) is 6.92 Å². The first-order chi connectivity index (χ1) is 6.68. The van der Waals surface area contributed by atoms with Crippen LogP contribution in [0.15, 0.2) is 0 Å². The normalized spacial score (nSPS) is 15.2. The lowest BCUT2D eigenvalue weighted by atomic mass is 10.1. The average molecular weight is 233 g/mol. The van der Waals surface area contributed by atoms with Gasteiger partial charge in [-0.05, 0) is 13.3 Å². The molecular weight excluding hydrogens is 213 g/mol. The first kappa shape index (κ1) is 17.1. The fraction of sp³-hybridized carbons (Fsp3) is 1.00. The summed E-state index contributed by atoms with van der Waals surface area (Å²) in [6.45, 7) is 7.08. The van der Waals surface area contributed by atoms with Gasteiger partial charge in [0.05, 0.1) is 6.61 Å². The Morgan fingerprint density at radius 1 is 1.13 bits per heavy atom. The molecule has 0 amide bonds.